The van der Waals surface area contributed by atoms with E-state index in [0.29, 0.717) is 12.2 Å². The highest BCUT2D eigenvalue weighted by Crippen LogP contribution is 2.27. The van der Waals surface area contributed by atoms with Gasteiger partial charge in [-0.2, -0.15) is 0 Å². The maximum atomic E-state index is 10.9. The fraction of sp³-hybridized carbons (Fsp3) is 0.588. The van der Waals surface area contributed by atoms with Gasteiger partial charge >= 0.3 is 6.09 Å². The van der Waals surface area contributed by atoms with Crippen molar-refractivity contribution in [2.24, 2.45) is 0 Å². The zero-order valence-corrected chi connectivity index (χ0v) is 13.5. The van der Waals surface area contributed by atoms with Crippen LogP contribution < -0.4 is 10.1 Å². The molecule has 0 spiro atoms. The maximum Gasteiger partial charge on any atom is 0.404 e. The number of carboxylic acid groups (broad SMARTS) is 1. The number of methoxy groups -OCH3 is 1. The number of benzene rings is 1. The highest BCUT2D eigenvalue weighted by atomic mass is 16.5. The summed E-state index contributed by atoms with van der Waals surface area (Å²) in [5.74, 6) is 0.503. The second-order valence-corrected chi connectivity index (χ2v) is 5.56. The summed E-state index contributed by atoms with van der Waals surface area (Å²) in [6.07, 6.45) is 6.18. The molecule has 0 radical (unpaired) electrons. The second-order valence-electron chi connectivity index (χ2n) is 5.56. The van der Waals surface area contributed by atoms with E-state index in [4.69, 9.17) is 9.84 Å². The monoisotopic (exact) mass is 309 g/mol. The van der Waals surface area contributed by atoms with Gasteiger partial charge in [0.05, 0.1) is 7.11 Å². The Kier molecular flexibility index (Phi) is 8.18. The molecule has 0 bridgehead atoms. The van der Waals surface area contributed by atoms with Gasteiger partial charge in [0.1, 0.15) is 0 Å². The van der Waals surface area contributed by atoms with Gasteiger partial charge in [-0.05, 0) is 30.5 Å². The number of hydrogen-bond donors (Lipinski definition) is 3. The number of carbonyl (C=O) groups is 1. The van der Waals surface area contributed by atoms with Crippen molar-refractivity contribution in [3.8, 4) is 11.5 Å². The molecule has 1 amide bonds. The van der Waals surface area contributed by atoms with Crippen molar-refractivity contribution in [3.05, 3.63) is 23.8 Å². The Balaban J connectivity index is 2.58. The minimum Gasteiger partial charge on any atom is -0.504 e. The van der Waals surface area contributed by atoms with E-state index < -0.39 is 6.09 Å². The van der Waals surface area contributed by atoms with Gasteiger partial charge < -0.3 is 20.3 Å². The van der Waals surface area contributed by atoms with Crippen LogP contribution in [0.1, 0.15) is 51.0 Å². The summed E-state index contributed by atoms with van der Waals surface area (Å²) < 4.78 is 5.09. The van der Waals surface area contributed by atoms with Gasteiger partial charge in [-0.3, -0.25) is 0 Å². The number of rotatable bonds is 10. The number of aromatic hydroxyl groups is 1. The van der Waals surface area contributed by atoms with Gasteiger partial charge in [0, 0.05) is 6.04 Å². The van der Waals surface area contributed by atoms with Crippen molar-refractivity contribution in [2.45, 2.75) is 57.9 Å². The molecule has 0 fully saturated rings. The second kappa shape index (κ2) is 9.92. The zero-order valence-electron chi connectivity index (χ0n) is 13.5. The number of unbranched alkanes of at least 4 members (excludes halogenated alkanes) is 4. The van der Waals surface area contributed by atoms with Gasteiger partial charge in [-0.1, -0.05) is 45.1 Å². The number of nitrogens with one attached hydrogen (secondary N) is 1. The minimum absolute atomic E-state index is 0.0913. The SMILES string of the molecule is CCCCCCCC(Cc1ccc(O)c(OC)c1)NC(=O)O. The van der Waals surface area contributed by atoms with E-state index in [9.17, 15) is 9.90 Å². The standard InChI is InChI=1S/C17H27NO4/c1-3-4-5-6-7-8-14(18-17(20)21)11-13-9-10-15(19)16(12-13)22-2/h9-10,12,14,18-19H,3-8,11H2,1-2H3,(H,20,21). The molecule has 0 saturated heterocycles. The molecule has 124 valence electrons. The average molecular weight is 309 g/mol. The van der Waals surface area contributed by atoms with Crippen LogP contribution in [0.2, 0.25) is 0 Å². The molecule has 1 aromatic rings. The molecule has 1 aromatic carbocycles. The predicted molar refractivity (Wildman–Crippen MR) is 86.7 cm³/mol. The molecular weight excluding hydrogens is 282 g/mol. The van der Waals surface area contributed by atoms with Crippen LogP contribution in [0.3, 0.4) is 0 Å². The molecule has 5 nitrogen and oxygen atoms in total. The van der Waals surface area contributed by atoms with Crippen molar-refractivity contribution in [1.29, 1.82) is 0 Å². The average Bonchev–Trinajstić information content (AvgIpc) is 2.48. The van der Waals surface area contributed by atoms with E-state index in [-0.39, 0.29) is 11.8 Å². The van der Waals surface area contributed by atoms with Gasteiger partial charge in [0.15, 0.2) is 11.5 Å². The summed E-state index contributed by atoms with van der Waals surface area (Å²) >= 11 is 0. The number of phenols is 1. The molecule has 1 atom stereocenters. The van der Waals surface area contributed by atoms with Gasteiger partial charge in [0.2, 0.25) is 0 Å². The number of ether oxygens (including phenoxy) is 1. The maximum absolute atomic E-state index is 10.9. The first-order valence-corrected chi connectivity index (χ1v) is 7.92. The lowest BCUT2D eigenvalue weighted by atomic mass is 9.99. The van der Waals surface area contributed by atoms with E-state index in [0.717, 1.165) is 24.8 Å². The van der Waals surface area contributed by atoms with Gasteiger partial charge in [-0.25, -0.2) is 4.79 Å². The summed E-state index contributed by atoms with van der Waals surface area (Å²) in [5, 5.41) is 21.2. The minimum atomic E-state index is -0.996. The van der Waals surface area contributed by atoms with Crippen LogP contribution in [0, 0.1) is 0 Å². The first-order chi connectivity index (χ1) is 10.6. The largest absolute Gasteiger partial charge is 0.504 e. The van der Waals surface area contributed by atoms with Crippen LogP contribution >= 0.6 is 0 Å². The zero-order chi connectivity index (χ0) is 16.4. The third kappa shape index (κ3) is 6.70. The summed E-state index contributed by atoms with van der Waals surface area (Å²) in [5.41, 5.74) is 0.946. The van der Waals surface area contributed by atoms with Crippen molar-refractivity contribution in [3.63, 3.8) is 0 Å². The van der Waals surface area contributed by atoms with Crippen molar-refractivity contribution >= 4 is 6.09 Å². The Morgan fingerprint density at radius 3 is 2.64 bits per heavy atom. The summed E-state index contributed by atoms with van der Waals surface area (Å²) in [4.78, 5) is 10.9. The highest BCUT2D eigenvalue weighted by molar-refractivity contribution is 5.64. The van der Waals surface area contributed by atoms with Gasteiger partial charge in [0.25, 0.3) is 0 Å². The molecule has 0 aliphatic rings. The molecule has 0 aromatic heterocycles. The van der Waals surface area contributed by atoms with Crippen LogP contribution in [0.25, 0.3) is 0 Å². The van der Waals surface area contributed by atoms with Crippen LogP contribution in [0.4, 0.5) is 4.79 Å². The fourth-order valence-electron chi connectivity index (χ4n) is 2.53. The first kappa shape index (κ1) is 18.1. The molecule has 0 aliphatic heterocycles. The van der Waals surface area contributed by atoms with Crippen LogP contribution in [-0.4, -0.2) is 29.5 Å². The molecule has 22 heavy (non-hydrogen) atoms. The van der Waals surface area contributed by atoms with Gasteiger partial charge in [-0.15, -0.1) is 0 Å². The van der Waals surface area contributed by atoms with Crippen molar-refractivity contribution in [1.82, 2.24) is 5.32 Å². The van der Waals surface area contributed by atoms with Crippen molar-refractivity contribution < 1.29 is 19.7 Å². The number of phenolic OH excluding ortho intramolecular Hbond substituents is 1. The third-order valence-corrected chi connectivity index (χ3v) is 3.71. The lowest BCUT2D eigenvalue weighted by molar-refractivity contribution is 0.188. The topological polar surface area (TPSA) is 78.8 Å². The first-order valence-electron chi connectivity index (χ1n) is 7.92. The Morgan fingerprint density at radius 1 is 1.27 bits per heavy atom. The summed E-state index contributed by atoms with van der Waals surface area (Å²) in [7, 11) is 1.50. The Labute approximate surface area is 132 Å². The Hall–Kier alpha value is -1.91. The van der Waals surface area contributed by atoms with E-state index in [1.807, 2.05) is 0 Å². The molecule has 3 N–H and O–H groups in total. The molecule has 1 unspecified atom stereocenters. The molecule has 0 saturated carbocycles. The third-order valence-electron chi connectivity index (χ3n) is 3.71. The fourth-order valence-corrected chi connectivity index (χ4v) is 2.53. The lowest BCUT2D eigenvalue weighted by Gasteiger charge is -2.17. The normalized spacial score (nSPS) is 11.9. The number of hydrogen-bond acceptors (Lipinski definition) is 3. The lowest BCUT2D eigenvalue weighted by Crippen LogP contribution is -2.35. The van der Waals surface area contributed by atoms with E-state index >= 15 is 0 Å². The molecule has 1 rings (SSSR count). The molecule has 0 heterocycles. The predicted octanol–water partition coefficient (Wildman–Crippen LogP) is 3.94. The van der Waals surface area contributed by atoms with Crippen LogP contribution in [-0.2, 0) is 6.42 Å². The van der Waals surface area contributed by atoms with E-state index in [2.05, 4.69) is 12.2 Å². The van der Waals surface area contributed by atoms with E-state index in [1.165, 1.54) is 26.4 Å². The van der Waals surface area contributed by atoms with Crippen LogP contribution in [0.15, 0.2) is 18.2 Å². The Bertz CT molecular complexity index is 462. The summed E-state index contributed by atoms with van der Waals surface area (Å²) in [6.45, 7) is 2.17. The van der Waals surface area contributed by atoms with E-state index in [1.54, 1.807) is 18.2 Å². The Morgan fingerprint density at radius 2 is 2.00 bits per heavy atom. The summed E-state index contributed by atoms with van der Waals surface area (Å²) in [6, 6.07) is 5.01. The molecule has 5 heteroatoms. The molecular formula is C17H27NO4. The quantitative estimate of drug-likeness (QED) is 0.572. The van der Waals surface area contributed by atoms with Crippen molar-refractivity contribution in [2.75, 3.05) is 7.11 Å². The highest BCUT2D eigenvalue weighted by Gasteiger charge is 2.13. The number of amides is 1. The smallest absolute Gasteiger partial charge is 0.404 e. The molecule has 0 aliphatic carbocycles. The van der Waals surface area contributed by atoms with Crippen LogP contribution in [0.5, 0.6) is 11.5 Å².